The standard InChI is InChI=1S/C21H24BrN3O2/c22-18-5-6-20(26)25(14-18)15-21(27)23-10-7-16(8-11-23)13-24-12-9-17-3-1-2-4-19(17)24/h1-6,14,16H,7-13,15H2. The van der Waals surface area contributed by atoms with E-state index < -0.39 is 0 Å². The number of nitrogens with zero attached hydrogens (tertiary/aromatic N) is 3. The average Bonchev–Trinajstić information content (AvgIpc) is 3.08. The van der Waals surface area contributed by atoms with Gasteiger partial charge in [0.05, 0.1) is 0 Å². The normalized spacial score (nSPS) is 17.2. The molecule has 1 saturated heterocycles. The van der Waals surface area contributed by atoms with Crippen LogP contribution in [0, 0.1) is 5.92 Å². The number of aromatic nitrogens is 1. The SMILES string of the molecule is O=C(Cn1cc(Br)ccc1=O)N1CCC(CN2CCc3ccccc32)CC1. The summed E-state index contributed by atoms with van der Waals surface area (Å²) >= 11 is 3.35. The number of piperidine rings is 1. The van der Waals surface area contributed by atoms with E-state index >= 15 is 0 Å². The molecule has 0 saturated carbocycles. The molecule has 1 amide bonds. The van der Waals surface area contributed by atoms with Gasteiger partial charge in [-0.25, -0.2) is 0 Å². The van der Waals surface area contributed by atoms with Crippen molar-refractivity contribution in [3.05, 3.63) is 63.0 Å². The van der Waals surface area contributed by atoms with Gasteiger partial charge in [-0.05, 0) is 58.8 Å². The van der Waals surface area contributed by atoms with Gasteiger partial charge in [0.2, 0.25) is 5.91 Å². The lowest BCUT2D eigenvalue weighted by atomic mass is 9.96. The van der Waals surface area contributed by atoms with Gasteiger partial charge in [-0.3, -0.25) is 9.59 Å². The molecule has 0 unspecified atom stereocenters. The van der Waals surface area contributed by atoms with Crippen molar-refractivity contribution in [1.82, 2.24) is 9.47 Å². The topological polar surface area (TPSA) is 45.6 Å². The van der Waals surface area contributed by atoms with Crippen LogP contribution in [0.1, 0.15) is 18.4 Å². The Morgan fingerprint density at radius 3 is 2.67 bits per heavy atom. The zero-order valence-corrected chi connectivity index (χ0v) is 16.9. The van der Waals surface area contributed by atoms with Gasteiger partial charge in [-0.15, -0.1) is 0 Å². The summed E-state index contributed by atoms with van der Waals surface area (Å²) in [5.74, 6) is 0.647. The maximum absolute atomic E-state index is 12.6. The van der Waals surface area contributed by atoms with Crippen molar-refractivity contribution in [2.75, 3.05) is 31.1 Å². The van der Waals surface area contributed by atoms with Crippen molar-refractivity contribution in [3.8, 4) is 0 Å². The molecule has 1 fully saturated rings. The maximum atomic E-state index is 12.6. The Hall–Kier alpha value is -2.08. The highest BCUT2D eigenvalue weighted by Crippen LogP contribution is 2.30. The fraction of sp³-hybridized carbons (Fsp3) is 0.429. The Balaban J connectivity index is 1.31. The molecule has 6 heteroatoms. The Morgan fingerprint density at radius 2 is 1.85 bits per heavy atom. The van der Waals surface area contributed by atoms with Crippen LogP contribution >= 0.6 is 15.9 Å². The van der Waals surface area contributed by atoms with Crippen LogP contribution in [-0.2, 0) is 17.8 Å². The minimum absolute atomic E-state index is 0.0279. The van der Waals surface area contributed by atoms with E-state index in [1.807, 2.05) is 4.90 Å². The summed E-state index contributed by atoms with van der Waals surface area (Å²) in [4.78, 5) is 28.9. The number of rotatable bonds is 4. The highest BCUT2D eigenvalue weighted by atomic mass is 79.9. The fourth-order valence-electron chi connectivity index (χ4n) is 4.14. The second kappa shape index (κ2) is 7.89. The second-order valence-electron chi connectivity index (χ2n) is 7.46. The minimum atomic E-state index is -0.144. The Morgan fingerprint density at radius 1 is 1.07 bits per heavy atom. The third kappa shape index (κ3) is 4.10. The molecule has 0 N–H and O–H groups in total. The summed E-state index contributed by atoms with van der Waals surface area (Å²) in [5, 5.41) is 0. The highest BCUT2D eigenvalue weighted by Gasteiger charge is 2.26. The fourth-order valence-corrected chi connectivity index (χ4v) is 4.52. The number of carbonyl (C=O) groups is 1. The number of hydrogen-bond donors (Lipinski definition) is 0. The molecular weight excluding hydrogens is 406 g/mol. The summed E-state index contributed by atoms with van der Waals surface area (Å²) in [5.41, 5.74) is 2.68. The first-order valence-corrected chi connectivity index (χ1v) is 10.4. The number of halogens is 1. The van der Waals surface area contributed by atoms with E-state index in [9.17, 15) is 9.59 Å². The smallest absolute Gasteiger partial charge is 0.251 e. The lowest BCUT2D eigenvalue weighted by molar-refractivity contribution is -0.133. The number of likely N-dealkylation sites (tertiary alicyclic amines) is 1. The number of hydrogen-bond acceptors (Lipinski definition) is 3. The molecule has 3 heterocycles. The van der Waals surface area contributed by atoms with Gasteiger partial charge in [0.25, 0.3) is 5.56 Å². The van der Waals surface area contributed by atoms with Gasteiger partial charge < -0.3 is 14.4 Å². The van der Waals surface area contributed by atoms with E-state index in [4.69, 9.17) is 0 Å². The van der Waals surface area contributed by atoms with E-state index in [2.05, 4.69) is 45.1 Å². The number of anilines is 1. The molecule has 0 atom stereocenters. The van der Waals surface area contributed by atoms with Crippen LogP contribution in [-0.4, -0.2) is 41.6 Å². The zero-order chi connectivity index (χ0) is 18.8. The number of amides is 1. The van der Waals surface area contributed by atoms with Gasteiger partial charge in [0, 0.05) is 48.6 Å². The second-order valence-corrected chi connectivity index (χ2v) is 8.38. The quantitative estimate of drug-likeness (QED) is 0.750. The van der Waals surface area contributed by atoms with Crippen LogP contribution in [0.15, 0.2) is 51.9 Å². The monoisotopic (exact) mass is 429 g/mol. The van der Waals surface area contributed by atoms with Crippen LogP contribution in [0.3, 0.4) is 0 Å². The van der Waals surface area contributed by atoms with Crippen molar-refractivity contribution < 1.29 is 4.79 Å². The predicted octanol–water partition coefficient (Wildman–Crippen LogP) is 2.91. The third-order valence-electron chi connectivity index (χ3n) is 5.68. The van der Waals surface area contributed by atoms with Crippen molar-refractivity contribution in [2.24, 2.45) is 5.92 Å². The lowest BCUT2D eigenvalue weighted by Gasteiger charge is -2.34. The summed E-state index contributed by atoms with van der Waals surface area (Å²) in [7, 11) is 0. The van der Waals surface area contributed by atoms with Crippen LogP contribution in [0.2, 0.25) is 0 Å². The molecule has 1 aromatic carbocycles. The summed E-state index contributed by atoms with van der Waals surface area (Å²) in [6.45, 7) is 3.85. The molecule has 27 heavy (non-hydrogen) atoms. The molecule has 0 radical (unpaired) electrons. The lowest BCUT2D eigenvalue weighted by Crippen LogP contribution is -2.43. The molecule has 2 aromatic rings. The molecule has 142 valence electrons. The molecule has 0 bridgehead atoms. The van der Waals surface area contributed by atoms with Crippen molar-refractivity contribution >= 4 is 27.5 Å². The van der Waals surface area contributed by atoms with Crippen LogP contribution in [0.4, 0.5) is 5.69 Å². The van der Waals surface area contributed by atoms with Crippen molar-refractivity contribution in [2.45, 2.75) is 25.8 Å². The number of benzene rings is 1. The van der Waals surface area contributed by atoms with Crippen molar-refractivity contribution in [3.63, 3.8) is 0 Å². The molecule has 2 aliphatic rings. The summed E-state index contributed by atoms with van der Waals surface area (Å²) in [6.07, 6.45) is 4.86. The van der Waals surface area contributed by atoms with E-state index in [1.54, 1.807) is 12.3 Å². The van der Waals surface area contributed by atoms with Gasteiger partial charge in [0.1, 0.15) is 6.54 Å². The van der Waals surface area contributed by atoms with Gasteiger partial charge >= 0.3 is 0 Å². The van der Waals surface area contributed by atoms with E-state index in [0.29, 0.717) is 5.92 Å². The Kier molecular flexibility index (Phi) is 5.34. The average molecular weight is 430 g/mol. The predicted molar refractivity (Wildman–Crippen MR) is 110 cm³/mol. The molecule has 5 nitrogen and oxygen atoms in total. The zero-order valence-electron chi connectivity index (χ0n) is 15.3. The number of fused-ring (bicyclic) bond motifs is 1. The van der Waals surface area contributed by atoms with Crippen LogP contribution in [0.25, 0.3) is 0 Å². The maximum Gasteiger partial charge on any atom is 0.251 e. The number of pyridine rings is 1. The molecule has 2 aliphatic heterocycles. The van der Waals surface area contributed by atoms with E-state index in [0.717, 1.165) is 49.9 Å². The Bertz CT molecular complexity index is 887. The highest BCUT2D eigenvalue weighted by molar-refractivity contribution is 9.10. The summed E-state index contributed by atoms with van der Waals surface area (Å²) in [6, 6.07) is 11.9. The van der Waals surface area contributed by atoms with E-state index in [-0.39, 0.29) is 18.0 Å². The first kappa shape index (κ1) is 18.3. The first-order chi connectivity index (χ1) is 13.1. The van der Waals surface area contributed by atoms with Crippen LogP contribution in [0.5, 0.6) is 0 Å². The van der Waals surface area contributed by atoms with Crippen LogP contribution < -0.4 is 10.5 Å². The third-order valence-corrected chi connectivity index (χ3v) is 6.15. The van der Waals surface area contributed by atoms with E-state index in [1.165, 1.54) is 21.9 Å². The van der Waals surface area contributed by atoms with Gasteiger partial charge in [-0.1, -0.05) is 18.2 Å². The van der Waals surface area contributed by atoms with Crippen molar-refractivity contribution in [1.29, 1.82) is 0 Å². The molecule has 1 aromatic heterocycles. The van der Waals surface area contributed by atoms with Gasteiger partial charge in [0.15, 0.2) is 0 Å². The molecular formula is C21H24BrN3O2. The minimum Gasteiger partial charge on any atom is -0.371 e. The molecule has 0 aliphatic carbocycles. The largest absolute Gasteiger partial charge is 0.371 e. The summed E-state index contributed by atoms with van der Waals surface area (Å²) < 4.78 is 2.28. The number of carbonyl (C=O) groups excluding carboxylic acids is 1. The number of para-hydroxylation sites is 1. The molecule has 4 rings (SSSR count). The van der Waals surface area contributed by atoms with Gasteiger partial charge in [-0.2, -0.15) is 0 Å². The first-order valence-electron chi connectivity index (χ1n) is 9.57. The Labute approximate surface area is 167 Å². The molecule has 0 spiro atoms.